The van der Waals surface area contributed by atoms with Crippen molar-refractivity contribution in [2.45, 2.75) is 37.6 Å². The number of nitriles is 1. The van der Waals surface area contributed by atoms with Gasteiger partial charge in [-0.2, -0.15) is 5.26 Å². The Balaban J connectivity index is 1.86. The zero-order valence-corrected chi connectivity index (χ0v) is 13.6. The smallest absolute Gasteiger partial charge is 0.223 e. The first-order valence-corrected chi connectivity index (χ1v) is 8.16. The van der Waals surface area contributed by atoms with E-state index in [2.05, 4.69) is 42.3 Å². The second-order valence-electron chi connectivity index (χ2n) is 5.36. The lowest BCUT2D eigenvalue weighted by Crippen LogP contribution is -2.17. The Morgan fingerprint density at radius 2 is 2.05 bits per heavy atom. The van der Waals surface area contributed by atoms with E-state index in [-0.39, 0.29) is 0 Å². The first kappa shape index (κ1) is 14.9. The fourth-order valence-corrected chi connectivity index (χ4v) is 3.22. The first-order valence-electron chi connectivity index (χ1n) is 7.37. The first-order chi connectivity index (χ1) is 10.8. The number of hydrogen-bond donors (Lipinski definition) is 1. The summed E-state index contributed by atoms with van der Waals surface area (Å²) in [6.45, 7) is 0. The van der Waals surface area contributed by atoms with Crippen LogP contribution in [0.1, 0.15) is 43.0 Å². The van der Waals surface area contributed by atoms with E-state index < -0.39 is 5.92 Å². The second-order valence-corrected chi connectivity index (χ2v) is 6.22. The second kappa shape index (κ2) is 6.84. The van der Waals surface area contributed by atoms with Gasteiger partial charge in [0.25, 0.3) is 0 Å². The van der Waals surface area contributed by atoms with Crippen LogP contribution in [0.3, 0.4) is 0 Å². The van der Waals surface area contributed by atoms with Crippen LogP contribution in [-0.4, -0.2) is 21.0 Å². The largest absolute Gasteiger partial charge is 0.351 e. The van der Waals surface area contributed by atoms with Gasteiger partial charge in [0.2, 0.25) is 5.95 Å². The molecule has 112 valence electrons. The van der Waals surface area contributed by atoms with Crippen molar-refractivity contribution in [1.29, 1.82) is 5.26 Å². The summed E-state index contributed by atoms with van der Waals surface area (Å²) in [6, 6.07) is 8.21. The van der Waals surface area contributed by atoms with Gasteiger partial charge >= 0.3 is 0 Å². The molecule has 0 amide bonds. The van der Waals surface area contributed by atoms with Gasteiger partial charge in [-0.15, -0.1) is 0 Å². The fraction of sp³-hybridized carbons (Fsp3) is 0.375. The number of halogens is 1. The van der Waals surface area contributed by atoms with Crippen molar-refractivity contribution in [3.05, 3.63) is 46.5 Å². The predicted molar refractivity (Wildman–Crippen MR) is 87.3 cm³/mol. The highest BCUT2D eigenvalue weighted by atomic mass is 79.9. The van der Waals surface area contributed by atoms with E-state index in [1.807, 2.05) is 12.1 Å². The number of aromatic nitrogens is 3. The highest BCUT2D eigenvalue weighted by Gasteiger charge is 2.21. The monoisotopic (exact) mass is 357 g/mol. The Morgan fingerprint density at radius 1 is 1.23 bits per heavy atom. The van der Waals surface area contributed by atoms with Crippen LogP contribution in [0.15, 0.2) is 35.1 Å². The highest BCUT2D eigenvalue weighted by Crippen LogP contribution is 2.28. The zero-order chi connectivity index (χ0) is 15.4. The van der Waals surface area contributed by atoms with Gasteiger partial charge in [0.05, 0.1) is 17.5 Å². The Morgan fingerprint density at radius 3 is 2.77 bits per heavy atom. The van der Waals surface area contributed by atoms with Crippen molar-refractivity contribution >= 4 is 21.9 Å². The number of anilines is 1. The molecule has 1 saturated carbocycles. The maximum atomic E-state index is 9.54. The van der Waals surface area contributed by atoms with Gasteiger partial charge in [0.15, 0.2) is 0 Å². The van der Waals surface area contributed by atoms with E-state index in [4.69, 9.17) is 0 Å². The minimum atomic E-state index is -0.511. The topological polar surface area (TPSA) is 74.5 Å². The van der Waals surface area contributed by atoms with Crippen LogP contribution in [-0.2, 0) is 0 Å². The molecule has 1 aliphatic carbocycles. The van der Waals surface area contributed by atoms with Gasteiger partial charge in [-0.1, -0.05) is 12.8 Å². The molecular formula is C16H16BrN5. The van der Waals surface area contributed by atoms with Crippen LogP contribution in [0.5, 0.6) is 0 Å². The van der Waals surface area contributed by atoms with Crippen LogP contribution in [0.4, 0.5) is 5.95 Å². The zero-order valence-electron chi connectivity index (χ0n) is 12.0. The molecule has 2 aromatic rings. The summed E-state index contributed by atoms with van der Waals surface area (Å²) in [7, 11) is 0. The summed E-state index contributed by atoms with van der Waals surface area (Å²) < 4.78 is 0.811. The number of nitrogens with one attached hydrogen (secondary N) is 1. The molecule has 0 saturated heterocycles. The van der Waals surface area contributed by atoms with Gasteiger partial charge < -0.3 is 5.32 Å². The Kier molecular flexibility index (Phi) is 4.64. The standard InChI is InChI=1S/C16H16BrN5/c17-13-6-3-8-19-15(13)12(10-18)14-7-9-20-16(22-14)21-11-4-1-2-5-11/h3,6-9,11-12H,1-2,4-5H2,(H,20,21,22). The van der Waals surface area contributed by atoms with Crippen molar-refractivity contribution in [2.75, 3.05) is 5.32 Å². The molecule has 1 atom stereocenters. The van der Waals surface area contributed by atoms with Gasteiger partial charge in [0.1, 0.15) is 5.92 Å². The minimum absolute atomic E-state index is 0.442. The summed E-state index contributed by atoms with van der Waals surface area (Å²) in [5.74, 6) is 0.0828. The molecule has 0 aromatic carbocycles. The van der Waals surface area contributed by atoms with Crippen molar-refractivity contribution < 1.29 is 0 Å². The molecular weight excluding hydrogens is 342 g/mol. The molecule has 5 nitrogen and oxygen atoms in total. The van der Waals surface area contributed by atoms with E-state index >= 15 is 0 Å². The third kappa shape index (κ3) is 3.25. The summed E-state index contributed by atoms with van der Waals surface area (Å²) >= 11 is 3.45. The van der Waals surface area contributed by atoms with E-state index in [0.29, 0.717) is 23.4 Å². The van der Waals surface area contributed by atoms with E-state index in [1.165, 1.54) is 12.8 Å². The summed E-state index contributed by atoms with van der Waals surface area (Å²) in [5.41, 5.74) is 1.34. The molecule has 0 bridgehead atoms. The lowest BCUT2D eigenvalue weighted by Gasteiger charge is -2.14. The third-order valence-electron chi connectivity index (χ3n) is 3.85. The molecule has 0 spiro atoms. The van der Waals surface area contributed by atoms with Gasteiger partial charge in [-0.3, -0.25) is 4.98 Å². The normalized spacial score (nSPS) is 16.2. The molecule has 2 aromatic heterocycles. The van der Waals surface area contributed by atoms with Crippen molar-refractivity contribution in [3.63, 3.8) is 0 Å². The van der Waals surface area contributed by atoms with Gasteiger partial charge in [-0.25, -0.2) is 9.97 Å². The molecule has 0 radical (unpaired) electrons. The number of rotatable bonds is 4. The van der Waals surface area contributed by atoms with E-state index in [0.717, 1.165) is 17.3 Å². The summed E-state index contributed by atoms with van der Waals surface area (Å²) in [6.07, 6.45) is 8.18. The molecule has 1 N–H and O–H groups in total. The Bertz CT molecular complexity index is 691. The maximum absolute atomic E-state index is 9.54. The lowest BCUT2D eigenvalue weighted by molar-refractivity contribution is 0.740. The molecule has 3 rings (SSSR count). The van der Waals surface area contributed by atoms with Gasteiger partial charge in [0, 0.05) is 22.9 Å². The van der Waals surface area contributed by atoms with Crippen LogP contribution >= 0.6 is 15.9 Å². The number of nitrogens with zero attached hydrogens (tertiary/aromatic N) is 4. The Labute approximate surface area is 138 Å². The molecule has 1 unspecified atom stereocenters. The molecule has 1 aliphatic rings. The third-order valence-corrected chi connectivity index (χ3v) is 4.52. The maximum Gasteiger partial charge on any atom is 0.223 e. The highest BCUT2D eigenvalue weighted by molar-refractivity contribution is 9.10. The predicted octanol–water partition coefficient (Wildman–Crippen LogP) is 3.64. The van der Waals surface area contributed by atoms with Crippen LogP contribution < -0.4 is 5.32 Å². The van der Waals surface area contributed by atoms with Gasteiger partial charge in [-0.05, 0) is 47.0 Å². The fourth-order valence-electron chi connectivity index (χ4n) is 2.73. The molecule has 22 heavy (non-hydrogen) atoms. The summed E-state index contributed by atoms with van der Waals surface area (Å²) in [5, 5.41) is 12.9. The van der Waals surface area contributed by atoms with E-state index in [1.54, 1.807) is 18.5 Å². The number of hydrogen-bond acceptors (Lipinski definition) is 5. The van der Waals surface area contributed by atoms with Crippen LogP contribution in [0.2, 0.25) is 0 Å². The quantitative estimate of drug-likeness (QED) is 0.903. The van der Waals surface area contributed by atoms with Crippen molar-refractivity contribution in [3.8, 4) is 6.07 Å². The molecule has 1 fully saturated rings. The van der Waals surface area contributed by atoms with Crippen LogP contribution in [0, 0.1) is 11.3 Å². The lowest BCUT2D eigenvalue weighted by atomic mass is 10.0. The van der Waals surface area contributed by atoms with Crippen molar-refractivity contribution in [2.24, 2.45) is 0 Å². The SMILES string of the molecule is N#CC(c1ccnc(NC2CCCC2)n1)c1ncccc1Br. The van der Waals surface area contributed by atoms with Crippen molar-refractivity contribution in [1.82, 2.24) is 15.0 Å². The average molecular weight is 358 g/mol. The average Bonchev–Trinajstić information content (AvgIpc) is 3.03. The molecule has 0 aliphatic heterocycles. The Hall–Kier alpha value is -2.00. The molecule has 2 heterocycles. The summed E-state index contributed by atoms with van der Waals surface area (Å²) in [4.78, 5) is 13.1. The number of pyridine rings is 1. The van der Waals surface area contributed by atoms with Crippen LogP contribution in [0.25, 0.3) is 0 Å². The van der Waals surface area contributed by atoms with E-state index in [9.17, 15) is 5.26 Å². The minimum Gasteiger partial charge on any atom is -0.351 e. The molecule has 6 heteroatoms.